The zero-order valence-corrected chi connectivity index (χ0v) is 4.39. The fourth-order valence-electron chi connectivity index (χ4n) is 0.156. The Morgan fingerprint density at radius 1 is 1.86 bits per heavy atom. The van der Waals surface area contributed by atoms with Crippen molar-refractivity contribution in [1.82, 2.24) is 5.06 Å². The van der Waals surface area contributed by atoms with Gasteiger partial charge in [-0.3, -0.25) is 5.21 Å². The second-order valence-electron chi connectivity index (χ2n) is 1.26. The molecule has 0 aliphatic carbocycles. The predicted molar refractivity (Wildman–Crippen MR) is 28.6 cm³/mol. The van der Waals surface area contributed by atoms with Gasteiger partial charge in [0.25, 0.3) is 0 Å². The molecule has 2 heteroatoms. The van der Waals surface area contributed by atoms with Crippen LogP contribution in [0.5, 0.6) is 0 Å². The Morgan fingerprint density at radius 2 is 2.29 bits per heavy atom. The van der Waals surface area contributed by atoms with Crippen LogP contribution in [0.1, 0.15) is 6.92 Å². The fourth-order valence-corrected chi connectivity index (χ4v) is 0.156. The van der Waals surface area contributed by atoms with Gasteiger partial charge in [0.1, 0.15) is 0 Å². The molecule has 0 fully saturated rings. The van der Waals surface area contributed by atoms with Crippen molar-refractivity contribution in [2.24, 2.45) is 0 Å². The molecular formula is C5H9NO. The maximum Gasteiger partial charge on any atom is 0.0357 e. The van der Waals surface area contributed by atoms with E-state index in [9.17, 15) is 0 Å². The largest absolute Gasteiger partial charge is 0.284 e. The molecule has 2 nitrogen and oxygen atoms in total. The van der Waals surface area contributed by atoms with Gasteiger partial charge in [0.2, 0.25) is 0 Å². The lowest BCUT2D eigenvalue weighted by Crippen LogP contribution is -2.05. The Labute approximate surface area is 43.3 Å². The van der Waals surface area contributed by atoms with Crippen LogP contribution < -0.4 is 0 Å². The normalized spacial score (nSPS) is 7.71. The number of rotatable bonds is 2. The average Bonchev–Trinajstić information content (AvgIpc) is 1.65. The first kappa shape index (κ1) is 6.24. The van der Waals surface area contributed by atoms with Crippen LogP contribution in [-0.4, -0.2) is 10.3 Å². The summed E-state index contributed by atoms with van der Waals surface area (Å²) in [5.74, 6) is 0. The van der Waals surface area contributed by atoms with Crippen LogP contribution in [0.3, 0.4) is 0 Å². The average molecular weight is 99.1 g/mol. The maximum absolute atomic E-state index is 8.55. The summed E-state index contributed by atoms with van der Waals surface area (Å²) in [6, 6.07) is 0. The summed E-state index contributed by atoms with van der Waals surface area (Å²) in [5, 5.41) is 9.41. The Hall–Kier alpha value is -0.760. The van der Waals surface area contributed by atoms with E-state index in [0.717, 1.165) is 5.06 Å². The summed E-state index contributed by atoms with van der Waals surface area (Å²) in [6.07, 6.45) is 1.28. The third kappa shape index (κ3) is 2.00. The molecule has 0 aliphatic heterocycles. The quantitative estimate of drug-likeness (QED) is 0.528. The van der Waals surface area contributed by atoms with E-state index in [2.05, 4.69) is 13.2 Å². The highest BCUT2D eigenvalue weighted by Gasteiger charge is 1.85. The predicted octanol–water partition coefficient (Wildman–Crippen LogP) is 1.35. The second-order valence-corrected chi connectivity index (χ2v) is 1.26. The van der Waals surface area contributed by atoms with Crippen LogP contribution >= 0.6 is 0 Å². The van der Waals surface area contributed by atoms with E-state index < -0.39 is 0 Å². The topological polar surface area (TPSA) is 23.5 Å². The molecule has 0 aromatic rings. The highest BCUT2D eigenvalue weighted by Crippen LogP contribution is 1.92. The van der Waals surface area contributed by atoms with Crippen molar-refractivity contribution in [2.45, 2.75) is 6.92 Å². The molecule has 0 rings (SSSR count). The third-order valence-corrected chi connectivity index (χ3v) is 0.564. The van der Waals surface area contributed by atoms with Crippen LogP contribution in [0.2, 0.25) is 0 Å². The molecule has 1 N–H and O–H groups in total. The van der Waals surface area contributed by atoms with Gasteiger partial charge in [0, 0.05) is 11.9 Å². The molecule has 0 heterocycles. The molecule has 0 saturated heterocycles. The fraction of sp³-hybridized carbons (Fsp3) is 0.200. The summed E-state index contributed by atoms with van der Waals surface area (Å²) >= 11 is 0. The SMILES string of the molecule is C=CN(O)C(=C)C. The van der Waals surface area contributed by atoms with E-state index in [1.54, 1.807) is 6.92 Å². The lowest BCUT2D eigenvalue weighted by molar-refractivity contribution is -0.00246. The molecular weight excluding hydrogens is 90.1 g/mol. The number of allylic oxidation sites excluding steroid dienone is 1. The standard InChI is InChI=1S/C5H9NO/c1-4-6(7)5(2)3/h4,7H,1-2H2,3H3. The Kier molecular flexibility index (Phi) is 2.16. The Morgan fingerprint density at radius 3 is 2.29 bits per heavy atom. The van der Waals surface area contributed by atoms with E-state index in [-0.39, 0.29) is 0 Å². The highest BCUT2D eigenvalue weighted by molar-refractivity contribution is 4.87. The van der Waals surface area contributed by atoms with Gasteiger partial charge in [-0.1, -0.05) is 13.2 Å². The van der Waals surface area contributed by atoms with E-state index >= 15 is 0 Å². The molecule has 0 spiro atoms. The molecule has 0 atom stereocenters. The van der Waals surface area contributed by atoms with Crippen molar-refractivity contribution in [3.05, 3.63) is 25.1 Å². The van der Waals surface area contributed by atoms with Crippen LogP contribution in [-0.2, 0) is 0 Å². The van der Waals surface area contributed by atoms with Gasteiger partial charge in [-0.25, -0.2) is 5.06 Å². The second kappa shape index (κ2) is 2.42. The third-order valence-electron chi connectivity index (χ3n) is 0.564. The van der Waals surface area contributed by atoms with Crippen molar-refractivity contribution in [1.29, 1.82) is 0 Å². The van der Waals surface area contributed by atoms with E-state index in [1.807, 2.05) is 0 Å². The number of hydrogen-bond donors (Lipinski definition) is 1. The van der Waals surface area contributed by atoms with Crippen molar-refractivity contribution in [2.75, 3.05) is 0 Å². The number of hydrogen-bond acceptors (Lipinski definition) is 2. The Bertz CT molecular complexity index is 88.1. The summed E-state index contributed by atoms with van der Waals surface area (Å²) in [7, 11) is 0. The lowest BCUT2D eigenvalue weighted by atomic mass is 10.6. The van der Waals surface area contributed by atoms with E-state index in [1.165, 1.54) is 6.20 Å². The first-order valence-electron chi connectivity index (χ1n) is 1.94. The Balaban J connectivity index is 3.55. The lowest BCUT2D eigenvalue weighted by Gasteiger charge is -2.07. The first-order valence-corrected chi connectivity index (χ1v) is 1.94. The minimum atomic E-state index is 0.565. The van der Waals surface area contributed by atoms with Gasteiger partial charge in [-0.05, 0) is 6.92 Å². The molecule has 0 unspecified atom stereocenters. The molecule has 40 valence electrons. The minimum Gasteiger partial charge on any atom is -0.284 e. The summed E-state index contributed by atoms with van der Waals surface area (Å²) < 4.78 is 0. The number of hydroxylamine groups is 2. The molecule has 0 bridgehead atoms. The van der Waals surface area contributed by atoms with Gasteiger partial charge < -0.3 is 0 Å². The van der Waals surface area contributed by atoms with Gasteiger partial charge in [0.05, 0.1) is 0 Å². The van der Waals surface area contributed by atoms with E-state index in [0.29, 0.717) is 5.70 Å². The monoisotopic (exact) mass is 99.1 g/mol. The highest BCUT2D eigenvalue weighted by atomic mass is 16.5. The van der Waals surface area contributed by atoms with Crippen LogP contribution in [0.15, 0.2) is 25.1 Å². The molecule has 0 aromatic carbocycles. The molecule has 0 radical (unpaired) electrons. The zero-order valence-electron chi connectivity index (χ0n) is 4.39. The van der Waals surface area contributed by atoms with Gasteiger partial charge >= 0.3 is 0 Å². The van der Waals surface area contributed by atoms with Crippen molar-refractivity contribution in [3.8, 4) is 0 Å². The van der Waals surface area contributed by atoms with Crippen molar-refractivity contribution in [3.63, 3.8) is 0 Å². The van der Waals surface area contributed by atoms with E-state index in [4.69, 9.17) is 5.21 Å². The van der Waals surface area contributed by atoms with Gasteiger partial charge in [0.15, 0.2) is 0 Å². The summed E-state index contributed by atoms with van der Waals surface area (Å²) in [6.45, 7) is 8.41. The van der Waals surface area contributed by atoms with Crippen LogP contribution in [0.4, 0.5) is 0 Å². The molecule has 0 amide bonds. The molecule has 7 heavy (non-hydrogen) atoms. The number of nitrogens with zero attached hydrogens (tertiary/aromatic N) is 1. The zero-order chi connectivity index (χ0) is 5.86. The summed E-state index contributed by atoms with van der Waals surface area (Å²) in [4.78, 5) is 0. The van der Waals surface area contributed by atoms with Crippen LogP contribution in [0.25, 0.3) is 0 Å². The van der Waals surface area contributed by atoms with Crippen molar-refractivity contribution >= 4 is 0 Å². The van der Waals surface area contributed by atoms with Gasteiger partial charge in [-0.15, -0.1) is 0 Å². The molecule has 0 aromatic heterocycles. The maximum atomic E-state index is 8.55. The minimum absolute atomic E-state index is 0.565. The smallest absolute Gasteiger partial charge is 0.0357 e. The van der Waals surface area contributed by atoms with Crippen LogP contribution in [0, 0.1) is 0 Å². The van der Waals surface area contributed by atoms with Crippen molar-refractivity contribution < 1.29 is 5.21 Å². The molecule has 0 saturated carbocycles. The first-order chi connectivity index (χ1) is 3.18. The molecule has 0 aliphatic rings. The summed E-state index contributed by atoms with van der Waals surface area (Å²) in [5.41, 5.74) is 0.565. The van der Waals surface area contributed by atoms with Gasteiger partial charge in [-0.2, -0.15) is 0 Å².